The quantitative estimate of drug-likeness (QED) is 0.836. The highest BCUT2D eigenvalue weighted by Crippen LogP contribution is 2.27. The zero-order valence-corrected chi connectivity index (χ0v) is 16.7. The van der Waals surface area contributed by atoms with Crippen molar-refractivity contribution in [2.45, 2.75) is 20.3 Å². The van der Waals surface area contributed by atoms with Gasteiger partial charge in [-0.1, -0.05) is 62.4 Å². The average molecular weight is 380 g/mol. The zero-order valence-electron chi connectivity index (χ0n) is 16.7. The summed E-state index contributed by atoms with van der Waals surface area (Å²) in [4.78, 5) is 28.8. The van der Waals surface area contributed by atoms with Gasteiger partial charge in [-0.3, -0.25) is 14.5 Å². The summed E-state index contributed by atoms with van der Waals surface area (Å²) < 4.78 is 0. The number of amides is 2. The molecule has 5 nitrogen and oxygen atoms in total. The molecule has 0 bridgehead atoms. The van der Waals surface area contributed by atoms with Gasteiger partial charge < -0.3 is 10.2 Å². The fourth-order valence-electron chi connectivity index (χ4n) is 3.49. The van der Waals surface area contributed by atoms with E-state index >= 15 is 0 Å². The maximum absolute atomic E-state index is 12.6. The lowest BCUT2D eigenvalue weighted by Gasteiger charge is -2.34. The smallest absolute Gasteiger partial charge is 0.238 e. The van der Waals surface area contributed by atoms with Crippen LogP contribution >= 0.6 is 0 Å². The standard InChI is InChI=1S/C23H29N3O2/c1-18(2)16-23(28)26-14-12-25(13-15-26)17-22(27)24-21-11-7-6-10-20(21)19-8-4-3-5-9-19/h3-11,18H,12-17H2,1-2H3,(H,24,27). The molecule has 0 saturated carbocycles. The molecule has 1 fully saturated rings. The van der Waals surface area contributed by atoms with Crippen LogP contribution in [0.15, 0.2) is 54.6 Å². The number of carbonyl (C=O) groups is 2. The molecule has 0 radical (unpaired) electrons. The summed E-state index contributed by atoms with van der Waals surface area (Å²) in [5.74, 6) is 0.571. The molecule has 2 aromatic rings. The Labute approximate surface area is 167 Å². The minimum atomic E-state index is -0.0228. The van der Waals surface area contributed by atoms with Crippen LogP contribution in [0.5, 0.6) is 0 Å². The molecule has 0 spiro atoms. The number of nitrogens with zero attached hydrogens (tertiary/aromatic N) is 2. The first-order valence-electron chi connectivity index (χ1n) is 9.97. The van der Waals surface area contributed by atoms with Crippen LogP contribution in [0.3, 0.4) is 0 Å². The summed E-state index contributed by atoms with van der Waals surface area (Å²) in [5, 5.41) is 3.06. The van der Waals surface area contributed by atoms with Crippen molar-refractivity contribution in [1.29, 1.82) is 0 Å². The van der Waals surface area contributed by atoms with Crippen LogP contribution in [-0.2, 0) is 9.59 Å². The molecule has 148 valence electrons. The maximum Gasteiger partial charge on any atom is 0.238 e. The molecule has 1 aliphatic rings. The highest BCUT2D eigenvalue weighted by molar-refractivity contribution is 5.96. The largest absolute Gasteiger partial charge is 0.340 e. The second-order valence-electron chi connectivity index (χ2n) is 7.71. The van der Waals surface area contributed by atoms with E-state index in [1.807, 2.05) is 59.5 Å². The number of carbonyl (C=O) groups excluding carboxylic acids is 2. The normalized spacial score (nSPS) is 14.9. The summed E-state index contributed by atoms with van der Waals surface area (Å²) in [5.41, 5.74) is 2.92. The third kappa shape index (κ3) is 5.42. The topological polar surface area (TPSA) is 52.7 Å². The van der Waals surface area contributed by atoms with Crippen molar-refractivity contribution >= 4 is 17.5 Å². The SMILES string of the molecule is CC(C)CC(=O)N1CCN(CC(=O)Nc2ccccc2-c2ccccc2)CC1. The maximum atomic E-state index is 12.6. The fourth-order valence-corrected chi connectivity index (χ4v) is 3.49. The summed E-state index contributed by atoms with van der Waals surface area (Å²) in [6, 6.07) is 17.9. The van der Waals surface area contributed by atoms with Gasteiger partial charge in [-0.2, -0.15) is 0 Å². The predicted molar refractivity (Wildman–Crippen MR) is 113 cm³/mol. The first-order valence-corrected chi connectivity index (χ1v) is 9.97. The van der Waals surface area contributed by atoms with E-state index in [1.165, 1.54) is 0 Å². The van der Waals surface area contributed by atoms with Crippen LogP contribution in [0.1, 0.15) is 20.3 Å². The Morgan fingerprint density at radius 3 is 2.25 bits per heavy atom. The number of anilines is 1. The van der Waals surface area contributed by atoms with Gasteiger partial charge in [0, 0.05) is 43.9 Å². The highest BCUT2D eigenvalue weighted by atomic mass is 16.2. The lowest BCUT2D eigenvalue weighted by atomic mass is 10.0. The molecule has 1 aliphatic heterocycles. The van der Waals surface area contributed by atoms with Crippen molar-refractivity contribution in [2.24, 2.45) is 5.92 Å². The average Bonchev–Trinajstić information content (AvgIpc) is 2.69. The van der Waals surface area contributed by atoms with Crippen molar-refractivity contribution in [3.8, 4) is 11.1 Å². The Balaban J connectivity index is 1.54. The molecular formula is C23H29N3O2. The lowest BCUT2D eigenvalue weighted by molar-refractivity contribution is -0.133. The summed E-state index contributed by atoms with van der Waals surface area (Å²) in [7, 11) is 0. The monoisotopic (exact) mass is 379 g/mol. The number of benzene rings is 2. The minimum absolute atomic E-state index is 0.0228. The minimum Gasteiger partial charge on any atom is -0.340 e. The van der Waals surface area contributed by atoms with Crippen molar-refractivity contribution in [3.63, 3.8) is 0 Å². The first kappa shape index (κ1) is 20.1. The van der Waals surface area contributed by atoms with E-state index in [9.17, 15) is 9.59 Å². The summed E-state index contributed by atoms with van der Waals surface area (Å²) in [6.45, 7) is 7.32. The molecule has 1 heterocycles. The molecule has 1 N–H and O–H groups in total. The van der Waals surface area contributed by atoms with Gasteiger partial charge >= 0.3 is 0 Å². The Kier molecular flexibility index (Phi) is 6.82. The number of hydrogen-bond acceptors (Lipinski definition) is 3. The van der Waals surface area contributed by atoms with E-state index < -0.39 is 0 Å². The molecule has 0 aliphatic carbocycles. The van der Waals surface area contributed by atoms with Crippen LogP contribution in [0, 0.1) is 5.92 Å². The summed E-state index contributed by atoms with van der Waals surface area (Å²) >= 11 is 0. The van der Waals surface area contributed by atoms with Gasteiger partial charge in [0.1, 0.15) is 0 Å². The number of para-hydroxylation sites is 1. The molecule has 1 saturated heterocycles. The number of hydrogen-bond donors (Lipinski definition) is 1. The van der Waals surface area contributed by atoms with Crippen LogP contribution < -0.4 is 5.32 Å². The number of piperazine rings is 1. The second-order valence-corrected chi connectivity index (χ2v) is 7.71. The first-order chi connectivity index (χ1) is 13.5. The summed E-state index contributed by atoms with van der Waals surface area (Å²) in [6.07, 6.45) is 0.594. The molecule has 0 atom stereocenters. The Bertz CT molecular complexity index is 797. The molecule has 2 aromatic carbocycles. The highest BCUT2D eigenvalue weighted by Gasteiger charge is 2.23. The molecular weight excluding hydrogens is 350 g/mol. The van der Waals surface area contributed by atoms with E-state index in [0.29, 0.717) is 32.0 Å². The Morgan fingerprint density at radius 1 is 0.929 bits per heavy atom. The lowest BCUT2D eigenvalue weighted by Crippen LogP contribution is -2.50. The van der Waals surface area contributed by atoms with Crippen LogP contribution in [0.25, 0.3) is 11.1 Å². The van der Waals surface area contributed by atoms with Gasteiger partial charge in [0.25, 0.3) is 0 Å². The fraction of sp³-hybridized carbons (Fsp3) is 0.391. The van der Waals surface area contributed by atoms with E-state index in [4.69, 9.17) is 0 Å². The Hall–Kier alpha value is -2.66. The van der Waals surface area contributed by atoms with Crippen LogP contribution in [-0.4, -0.2) is 54.3 Å². The number of nitrogens with one attached hydrogen (secondary N) is 1. The van der Waals surface area contributed by atoms with E-state index in [-0.39, 0.29) is 11.8 Å². The van der Waals surface area contributed by atoms with Gasteiger partial charge in [0.2, 0.25) is 11.8 Å². The number of rotatable bonds is 6. The molecule has 3 rings (SSSR count). The van der Waals surface area contributed by atoms with Crippen molar-refractivity contribution in [2.75, 3.05) is 38.0 Å². The third-order valence-electron chi connectivity index (χ3n) is 4.96. The van der Waals surface area contributed by atoms with Crippen LogP contribution in [0.2, 0.25) is 0 Å². The van der Waals surface area contributed by atoms with Gasteiger partial charge in [0.15, 0.2) is 0 Å². The van der Waals surface area contributed by atoms with Gasteiger partial charge in [-0.15, -0.1) is 0 Å². The van der Waals surface area contributed by atoms with Gasteiger partial charge in [-0.05, 0) is 17.5 Å². The van der Waals surface area contributed by atoms with E-state index in [1.54, 1.807) is 0 Å². The molecule has 2 amide bonds. The van der Waals surface area contributed by atoms with Gasteiger partial charge in [0.05, 0.1) is 6.54 Å². The van der Waals surface area contributed by atoms with E-state index in [0.717, 1.165) is 29.9 Å². The molecule has 0 unspecified atom stereocenters. The van der Waals surface area contributed by atoms with E-state index in [2.05, 4.69) is 24.1 Å². The second kappa shape index (κ2) is 9.51. The van der Waals surface area contributed by atoms with Gasteiger partial charge in [-0.25, -0.2) is 0 Å². The predicted octanol–water partition coefficient (Wildman–Crippen LogP) is 3.48. The van der Waals surface area contributed by atoms with Crippen molar-refractivity contribution in [1.82, 2.24) is 9.80 Å². The molecule has 5 heteroatoms. The Morgan fingerprint density at radius 2 is 1.57 bits per heavy atom. The van der Waals surface area contributed by atoms with Crippen molar-refractivity contribution < 1.29 is 9.59 Å². The molecule has 28 heavy (non-hydrogen) atoms. The zero-order chi connectivity index (χ0) is 19.9. The van der Waals surface area contributed by atoms with Crippen LogP contribution in [0.4, 0.5) is 5.69 Å². The van der Waals surface area contributed by atoms with Crippen molar-refractivity contribution in [3.05, 3.63) is 54.6 Å². The third-order valence-corrected chi connectivity index (χ3v) is 4.96. The molecule has 0 aromatic heterocycles.